The second-order valence-electron chi connectivity index (χ2n) is 3.51. The van der Waals surface area contributed by atoms with E-state index in [2.05, 4.69) is 13.5 Å². The molecule has 1 aliphatic rings. The van der Waals surface area contributed by atoms with E-state index in [1.807, 2.05) is 0 Å². The summed E-state index contributed by atoms with van der Waals surface area (Å²) in [4.78, 5) is 0. The monoisotopic (exact) mass is 158 g/mol. The van der Waals surface area contributed by atoms with Crippen LogP contribution in [0.15, 0.2) is 0 Å². The third-order valence-electron chi connectivity index (χ3n) is 2.33. The second-order valence-corrected chi connectivity index (χ2v) is 7.69. The molecule has 0 aromatic rings. The van der Waals surface area contributed by atoms with Gasteiger partial charge in [0.05, 0.1) is 0 Å². The topological polar surface area (TPSA) is 9.23 Å². The second kappa shape index (κ2) is 3.53. The normalized spacial score (nSPS) is 34.2. The maximum atomic E-state index is 5.84. The van der Waals surface area contributed by atoms with Crippen molar-refractivity contribution in [1.82, 2.24) is 0 Å². The molecule has 60 valence electrons. The molecular weight excluding hydrogens is 140 g/mol. The SMILES string of the molecule is CCC[Si]1(C)CCCCO1. The lowest BCUT2D eigenvalue weighted by molar-refractivity contribution is 0.270. The first-order chi connectivity index (χ1) is 4.77. The summed E-state index contributed by atoms with van der Waals surface area (Å²) in [5.74, 6) is 0. The van der Waals surface area contributed by atoms with Gasteiger partial charge in [-0.15, -0.1) is 0 Å². The Balaban J connectivity index is 2.32. The van der Waals surface area contributed by atoms with Crippen molar-refractivity contribution >= 4 is 8.32 Å². The van der Waals surface area contributed by atoms with Crippen LogP contribution in [0.5, 0.6) is 0 Å². The highest BCUT2D eigenvalue weighted by Crippen LogP contribution is 2.26. The highest BCUT2D eigenvalue weighted by Gasteiger charge is 2.29. The zero-order valence-corrected chi connectivity index (χ0v) is 8.15. The number of hydrogen-bond acceptors (Lipinski definition) is 1. The molecule has 1 saturated heterocycles. The molecule has 1 heterocycles. The quantitative estimate of drug-likeness (QED) is 0.561. The van der Waals surface area contributed by atoms with Gasteiger partial charge in [0.2, 0.25) is 0 Å². The standard InChI is InChI=1S/C8H18OSi/c1-3-7-10(2)8-5-4-6-9-10/h3-8H2,1-2H3. The van der Waals surface area contributed by atoms with Gasteiger partial charge in [0.15, 0.2) is 8.32 Å². The van der Waals surface area contributed by atoms with Crippen molar-refractivity contribution in [3.63, 3.8) is 0 Å². The van der Waals surface area contributed by atoms with Crippen LogP contribution in [0.1, 0.15) is 26.2 Å². The molecule has 2 heteroatoms. The molecule has 1 fully saturated rings. The molecule has 1 rings (SSSR count). The first-order valence-electron chi connectivity index (χ1n) is 4.41. The highest BCUT2D eigenvalue weighted by molar-refractivity contribution is 6.72. The Kier molecular flexibility index (Phi) is 2.92. The zero-order chi connectivity index (χ0) is 7.45. The Morgan fingerprint density at radius 1 is 1.40 bits per heavy atom. The summed E-state index contributed by atoms with van der Waals surface area (Å²) in [5.41, 5.74) is 0. The molecule has 10 heavy (non-hydrogen) atoms. The Labute approximate surface area is 64.9 Å². The van der Waals surface area contributed by atoms with Crippen molar-refractivity contribution in [3.05, 3.63) is 0 Å². The lowest BCUT2D eigenvalue weighted by Gasteiger charge is -2.31. The zero-order valence-electron chi connectivity index (χ0n) is 7.15. The van der Waals surface area contributed by atoms with Crippen molar-refractivity contribution in [2.24, 2.45) is 0 Å². The first kappa shape index (κ1) is 8.28. The fourth-order valence-electron chi connectivity index (χ4n) is 1.72. The van der Waals surface area contributed by atoms with E-state index in [1.165, 1.54) is 31.4 Å². The maximum absolute atomic E-state index is 5.84. The molecule has 0 N–H and O–H groups in total. The van der Waals surface area contributed by atoms with Gasteiger partial charge in [-0.1, -0.05) is 19.8 Å². The van der Waals surface area contributed by atoms with Gasteiger partial charge < -0.3 is 4.43 Å². The molecule has 1 unspecified atom stereocenters. The van der Waals surface area contributed by atoms with Crippen molar-refractivity contribution in [2.75, 3.05) is 6.61 Å². The number of hydrogen-bond donors (Lipinski definition) is 0. The van der Waals surface area contributed by atoms with E-state index in [0.29, 0.717) is 0 Å². The molecule has 0 saturated carbocycles. The van der Waals surface area contributed by atoms with Gasteiger partial charge in [0.25, 0.3) is 0 Å². The van der Waals surface area contributed by atoms with E-state index in [4.69, 9.17) is 4.43 Å². The van der Waals surface area contributed by atoms with E-state index in [1.54, 1.807) is 0 Å². The van der Waals surface area contributed by atoms with Crippen LogP contribution in [0.4, 0.5) is 0 Å². The third-order valence-corrected chi connectivity index (χ3v) is 6.20. The minimum Gasteiger partial charge on any atom is -0.417 e. The number of rotatable bonds is 2. The molecule has 0 bridgehead atoms. The van der Waals surface area contributed by atoms with Crippen molar-refractivity contribution in [3.8, 4) is 0 Å². The largest absolute Gasteiger partial charge is 0.417 e. The molecule has 0 aliphatic carbocycles. The predicted molar refractivity (Wildman–Crippen MR) is 46.7 cm³/mol. The maximum Gasteiger partial charge on any atom is 0.189 e. The summed E-state index contributed by atoms with van der Waals surface area (Å²) in [7, 11) is -1.14. The van der Waals surface area contributed by atoms with Crippen molar-refractivity contribution < 1.29 is 4.43 Å². The van der Waals surface area contributed by atoms with E-state index in [-0.39, 0.29) is 0 Å². The van der Waals surface area contributed by atoms with Crippen molar-refractivity contribution in [2.45, 2.75) is 44.8 Å². The summed E-state index contributed by atoms with van der Waals surface area (Å²) >= 11 is 0. The fraction of sp³-hybridized carbons (Fsp3) is 1.00. The van der Waals surface area contributed by atoms with Gasteiger partial charge in [0, 0.05) is 6.61 Å². The Bertz CT molecular complexity index is 91.9. The van der Waals surface area contributed by atoms with E-state index < -0.39 is 8.32 Å². The highest BCUT2D eigenvalue weighted by atomic mass is 28.4. The van der Waals surface area contributed by atoms with E-state index in [9.17, 15) is 0 Å². The minimum absolute atomic E-state index is 1.04. The molecular formula is C8H18OSi. The summed E-state index contributed by atoms with van der Waals surface area (Å²) in [6.07, 6.45) is 4.03. The molecule has 1 aliphatic heterocycles. The van der Waals surface area contributed by atoms with E-state index in [0.717, 1.165) is 6.61 Å². The average Bonchev–Trinajstić information content (AvgIpc) is 1.89. The average molecular weight is 158 g/mol. The van der Waals surface area contributed by atoms with Crippen LogP contribution in [-0.4, -0.2) is 14.9 Å². The van der Waals surface area contributed by atoms with Gasteiger partial charge in [-0.25, -0.2) is 0 Å². The van der Waals surface area contributed by atoms with Gasteiger partial charge in [0.1, 0.15) is 0 Å². The Morgan fingerprint density at radius 3 is 2.70 bits per heavy atom. The minimum atomic E-state index is -1.14. The Hall–Kier alpha value is 0.177. The van der Waals surface area contributed by atoms with Crippen LogP contribution in [-0.2, 0) is 4.43 Å². The predicted octanol–water partition coefficient (Wildman–Crippen LogP) is 2.78. The molecule has 0 aromatic carbocycles. The van der Waals surface area contributed by atoms with Crippen LogP contribution >= 0.6 is 0 Å². The molecule has 0 spiro atoms. The van der Waals surface area contributed by atoms with Crippen LogP contribution in [0, 0.1) is 0 Å². The fourth-order valence-corrected chi connectivity index (χ4v) is 4.95. The molecule has 1 nitrogen and oxygen atoms in total. The molecule has 1 atom stereocenters. The Morgan fingerprint density at radius 2 is 2.20 bits per heavy atom. The first-order valence-corrected chi connectivity index (χ1v) is 7.23. The summed E-state index contributed by atoms with van der Waals surface area (Å²) in [6, 6.07) is 2.77. The van der Waals surface area contributed by atoms with Crippen LogP contribution < -0.4 is 0 Å². The summed E-state index contributed by atoms with van der Waals surface area (Å²) in [5, 5.41) is 0. The summed E-state index contributed by atoms with van der Waals surface area (Å²) in [6.45, 7) is 5.69. The molecule has 0 radical (unpaired) electrons. The van der Waals surface area contributed by atoms with Crippen LogP contribution in [0.2, 0.25) is 18.6 Å². The van der Waals surface area contributed by atoms with Crippen molar-refractivity contribution in [1.29, 1.82) is 0 Å². The smallest absolute Gasteiger partial charge is 0.189 e. The van der Waals surface area contributed by atoms with Gasteiger partial charge in [-0.05, 0) is 25.1 Å². The van der Waals surface area contributed by atoms with Crippen LogP contribution in [0.3, 0.4) is 0 Å². The summed E-state index contributed by atoms with van der Waals surface area (Å²) < 4.78 is 5.84. The van der Waals surface area contributed by atoms with Gasteiger partial charge >= 0.3 is 0 Å². The van der Waals surface area contributed by atoms with Gasteiger partial charge in [-0.2, -0.15) is 0 Å². The lowest BCUT2D eigenvalue weighted by atomic mass is 10.4. The van der Waals surface area contributed by atoms with Gasteiger partial charge in [-0.3, -0.25) is 0 Å². The van der Waals surface area contributed by atoms with Crippen LogP contribution in [0.25, 0.3) is 0 Å². The molecule has 0 aromatic heterocycles. The third kappa shape index (κ3) is 2.10. The van der Waals surface area contributed by atoms with E-state index >= 15 is 0 Å². The lowest BCUT2D eigenvalue weighted by Crippen LogP contribution is -2.37. The molecule has 0 amide bonds.